The van der Waals surface area contributed by atoms with Crippen molar-refractivity contribution in [1.29, 1.82) is 5.26 Å². The number of anilines is 1. The molecule has 22 heavy (non-hydrogen) atoms. The zero-order valence-electron chi connectivity index (χ0n) is 12.2. The molecule has 4 nitrogen and oxygen atoms in total. The van der Waals surface area contributed by atoms with Crippen LogP contribution in [-0.4, -0.2) is 10.8 Å². The summed E-state index contributed by atoms with van der Waals surface area (Å²) in [6.45, 7) is 2.73. The molecule has 1 aliphatic heterocycles. The summed E-state index contributed by atoms with van der Waals surface area (Å²) in [4.78, 5) is 13.8. The molecule has 0 saturated heterocycles. The van der Waals surface area contributed by atoms with Crippen LogP contribution in [-0.2, 0) is 24.4 Å². The quantitative estimate of drug-likeness (QED) is 0.942. The van der Waals surface area contributed by atoms with Gasteiger partial charge in [0.25, 0.3) is 0 Å². The van der Waals surface area contributed by atoms with Crippen molar-refractivity contribution in [1.82, 2.24) is 4.90 Å². The lowest BCUT2D eigenvalue weighted by Gasteiger charge is -2.14. The molecule has 1 N–H and O–H groups in total. The second-order valence-corrected chi connectivity index (χ2v) is 5.50. The number of nitrogens with one attached hydrogen (secondary N) is 1. The standard InChI is InChI=1S/C18H17N3O/c19-9-8-18(22)20-17-7-6-15-12-21(13-16(15)10-17)11-14-4-2-1-3-5-14/h1-7,10H,8,11-13H2,(H,20,22). The molecule has 0 bridgehead atoms. The fraction of sp³-hybridized carbons (Fsp3) is 0.222. The summed E-state index contributed by atoms with van der Waals surface area (Å²) >= 11 is 0. The smallest absolute Gasteiger partial charge is 0.238 e. The number of carbonyl (C=O) groups excluding carboxylic acids is 1. The molecule has 0 fully saturated rings. The molecular weight excluding hydrogens is 274 g/mol. The first-order valence-electron chi connectivity index (χ1n) is 7.29. The van der Waals surface area contributed by atoms with Crippen molar-refractivity contribution in [3.63, 3.8) is 0 Å². The van der Waals surface area contributed by atoms with Crippen LogP contribution >= 0.6 is 0 Å². The lowest BCUT2D eigenvalue weighted by molar-refractivity contribution is -0.115. The SMILES string of the molecule is N#CCC(=O)Nc1ccc2c(c1)CN(Cc1ccccc1)C2. The minimum atomic E-state index is -0.262. The van der Waals surface area contributed by atoms with Crippen molar-refractivity contribution >= 4 is 11.6 Å². The Hall–Kier alpha value is -2.64. The molecule has 1 aliphatic rings. The number of rotatable bonds is 4. The molecule has 0 unspecified atom stereocenters. The molecule has 0 radical (unpaired) electrons. The van der Waals surface area contributed by atoms with Gasteiger partial charge < -0.3 is 5.32 Å². The van der Waals surface area contributed by atoms with Crippen LogP contribution in [0.25, 0.3) is 0 Å². The summed E-state index contributed by atoms with van der Waals surface area (Å²) in [5.41, 5.74) is 4.61. The van der Waals surface area contributed by atoms with E-state index in [9.17, 15) is 4.79 Å². The number of fused-ring (bicyclic) bond motifs is 1. The Morgan fingerprint density at radius 1 is 1.14 bits per heavy atom. The van der Waals surface area contributed by atoms with Crippen molar-refractivity contribution in [2.24, 2.45) is 0 Å². The van der Waals surface area contributed by atoms with Crippen LogP contribution in [0.5, 0.6) is 0 Å². The van der Waals surface area contributed by atoms with E-state index < -0.39 is 0 Å². The van der Waals surface area contributed by atoms with Gasteiger partial charge >= 0.3 is 0 Å². The average molecular weight is 291 g/mol. The highest BCUT2D eigenvalue weighted by Crippen LogP contribution is 2.27. The van der Waals surface area contributed by atoms with Gasteiger partial charge in [-0.3, -0.25) is 9.69 Å². The lowest BCUT2D eigenvalue weighted by atomic mass is 10.1. The second kappa shape index (κ2) is 6.42. The fourth-order valence-electron chi connectivity index (χ4n) is 2.77. The number of nitriles is 1. The Balaban J connectivity index is 1.66. The highest BCUT2D eigenvalue weighted by atomic mass is 16.1. The molecule has 1 amide bonds. The van der Waals surface area contributed by atoms with Crippen molar-refractivity contribution in [3.05, 3.63) is 65.2 Å². The molecule has 0 aromatic heterocycles. The van der Waals surface area contributed by atoms with Crippen molar-refractivity contribution in [3.8, 4) is 6.07 Å². The predicted octanol–water partition coefficient (Wildman–Crippen LogP) is 3.05. The van der Waals surface area contributed by atoms with E-state index in [0.717, 1.165) is 25.3 Å². The van der Waals surface area contributed by atoms with Crippen LogP contribution in [0.4, 0.5) is 5.69 Å². The first-order chi connectivity index (χ1) is 10.7. The maximum atomic E-state index is 11.5. The van der Waals surface area contributed by atoms with Crippen molar-refractivity contribution in [2.75, 3.05) is 5.32 Å². The Labute approximate surface area is 130 Å². The molecule has 4 heteroatoms. The zero-order chi connectivity index (χ0) is 15.4. The summed E-state index contributed by atoms with van der Waals surface area (Å²) in [5.74, 6) is -0.262. The molecule has 0 aliphatic carbocycles. The summed E-state index contributed by atoms with van der Waals surface area (Å²) in [5, 5.41) is 11.3. The van der Waals surface area contributed by atoms with Gasteiger partial charge in [0.15, 0.2) is 0 Å². The van der Waals surface area contributed by atoms with Gasteiger partial charge in [0, 0.05) is 25.3 Å². The molecule has 2 aromatic rings. The van der Waals surface area contributed by atoms with E-state index in [1.54, 1.807) is 0 Å². The normalized spacial score (nSPS) is 13.4. The molecule has 0 spiro atoms. The minimum absolute atomic E-state index is 0.114. The van der Waals surface area contributed by atoms with E-state index in [-0.39, 0.29) is 12.3 Å². The van der Waals surface area contributed by atoms with Gasteiger partial charge in [-0.25, -0.2) is 0 Å². The number of hydrogen-bond donors (Lipinski definition) is 1. The van der Waals surface area contributed by atoms with Crippen molar-refractivity contribution < 1.29 is 4.79 Å². The third-order valence-corrected chi connectivity index (χ3v) is 3.77. The molecule has 2 aromatic carbocycles. The number of nitrogens with zero attached hydrogens (tertiary/aromatic N) is 2. The number of amides is 1. The first kappa shape index (κ1) is 14.3. The summed E-state index contributed by atoms with van der Waals surface area (Å²) in [7, 11) is 0. The van der Waals surface area contributed by atoms with Gasteiger partial charge in [0.2, 0.25) is 5.91 Å². The number of hydrogen-bond acceptors (Lipinski definition) is 3. The first-order valence-corrected chi connectivity index (χ1v) is 7.29. The Kier molecular flexibility index (Phi) is 4.17. The molecule has 0 atom stereocenters. The van der Waals surface area contributed by atoms with Gasteiger partial charge in [-0.1, -0.05) is 36.4 Å². The fourth-order valence-corrected chi connectivity index (χ4v) is 2.77. The molecule has 0 saturated carbocycles. The van der Waals surface area contributed by atoms with E-state index in [1.165, 1.54) is 16.7 Å². The van der Waals surface area contributed by atoms with Crippen LogP contribution in [0.3, 0.4) is 0 Å². The second-order valence-electron chi connectivity index (χ2n) is 5.50. The van der Waals surface area contributed by atoms with E-state index in [4.69, 9.17) is 5.26 Å². The molecule has 1 heterocycles. The van der Waals surface area contributed by atoms with E-state index in [0.29, 0.717) is 0 Å². The Bertz CT molecular complexity index is 719. The van der Waals surface area contributed by atoms with Crippen LogP contribution in [0.2, 0.25) is 0 Å². The highest BCUT2D eigenvalue weighted by Gasteiger charge is 2.19. The van der Waals surface area contributed by atoms with Gasteiger partial charge in [-0.2, -0.15) is 5.26 Å². The maximum absolute atomic E-state index is 11.5. The zero-order valence-corrected chi connectivity index (χ0v) is 12.2. The van der Waals surface area contributed by atoms with Gasteiger partial charge in [0.05, 0.1) is 6.07 Å². The van der Waals surface area contributed by atoms with Crippen LogP contribution in [0, 0.1) is 11.3 Å². The lowest BCUT2D eigenvalue weighted by Crippen LogP contribution is -2.15. The highest BCUT2D eigenvalue weighted by molar-refractivity contribution is 5.92. The van der Waals surface area contributed by atoms with Crippen LogP contribution in [0.1, 0.15) is 23.1 Å². The van der Waals surface area contributed by atoms with E-state index in [2.05, 4.69) is 40.5 Å². The van der Waals surface area contributed by atoms with Crippen LogP contribution in [0.15, 0.2) is 48.5 Å². The minimum Gasteiger partial charge on any atom is -0.325 e. The Morgan fingerprint density at radius 2 is 1.91 bits per heavy atom. The van der Waals surface area contributed by atoms with Crippen LogP contribution < -0.4 is 5.32 Å². The number of benzene rings is 2. The monoisotopic (exact) mass is 291 g/mol. The maximum Gasteiger partial charge on any atom is 0.238 e. The topological polar surface area (TPSA) is 56.1 Å². The van der Waals surface area contributed by atoms with Gasteiger partial charge in [-0.15, -0.1) is 0 Å². The van der Waals surface area contributed by atoms with E-state index >= 15 is 0 Å². The summed E-state index contributed by atoms with van der Waals surface area (Å²) in [6, 6.07) is 18.2. The average Bonchev–Trinajstić information content (AvgIpc) is 2.90. The molecular formula is C18H17N3O. The van der Waals surface area contributed by atoms with Gasteiger partial charge in [-0.05, 0) is 28.8 Å². The Morgan fingerprint density at radius 3 is 2.68 bits per heavy atom. The molecule has 3 rings (SSSR count). The van der Waals surface area contributed by atoms with Gasteiger partial charge in [0.1, 0.15) is 6.42 Å². The third-order valence-electron chi connectivity index (χ3n) is 3.77. The molecule has 110 valence electrons. The van der Waals surface area contributed by atoms with Crippen molar-refractivity contribution in [2.45, 2.75) is 26.1 Å². The summed E-state index contributed by atoms with van der Waals surface area (Å²) < 4.78 is 0. The summed E-state index contributed by atoms with van der Waals surface area (Å²) in [6.07, 6.45) is -0.114. The largest absolute Gasteiger partial charge is 0.325 e. The van der Waals surface area contributed by atoms with E-state index in [1.807, 2.05) is 24.3 Å². The third kappa shape index (κ3) is 3.33. The number of carbonyl (C=O) groups is 1. The predicted molar refractivity (Wildman–Crippen MR) is 84.7 cm³/mol.